The van der Waals surface area contributed by atoms with E-state index in [0.717, 1.165) is 61.2 Å². The highest BCUT2D eigenvalue weighted by atomic mass is 79.9. The summed E-state index contributed by atoms with van der Waals surface area (Å²) in [6.07, 6.45) is 5.99. The highest BCUT2D eigenvalue weighted by Crippen LogP contribution is 2.32. The number of aryl methyl sites for hydroxylation is 1. The molecule has 0 aliphatic carbocycles. The third-order valence-corrected chi connectivity index (χ3v) is 5.68. The Morgan fingerprint density at radius 1 is 1.24 bits per heavy atom. The molecule has 0 radical (unpaired) electrons. The molecule has 0 unspecified atom stereocenters. The number of hydrogen-bond acceptors (Lipinski definition) is 3. The molecule has 0 saturated heterocycles. The van der Waals surface area contributed by atoms with Gasteiger partial charge in [-0.1, -0.05) is 22.0 Å². The number of ether oxygens (including phenoxy) is 1. The van der Waals surface area contributed by atoms with E-state index in [4.69, 9.17) is 4.74 Å². The maximum atomic E-state index is 13.0. The van der Waals surface area contributed by atoms with Gasteiger partial charge in [0.2, 0.25) is 0 Å². The van der Waals surface area contributed by atoms with Crippen molar-refractivity contribution in [3.8, 4) is 5.75 Å². The molecule has 0 atom stereocenters. The second kappa shape index (κ2) is 10.6. The summed E-state index contributed by atoms with van der Waals surface area (Å²) in [6, 6.07) is 13.7. The van der Waals surface area contributed by atoms with Crippen molar-refractivity contribution in [1.82, 2.24) is 4.90 Å². The van der Waals surface area contributed by atoms with E-state index in [1.54, 1.807) is 0 Å². The number of likely N-dealkylation sites (N-methyl/N-ethyl adjacent to an activating group) is 1. The van der Waals surface area contributed by atoms with Crippen molar-refractivity contribution in [3.05, 3.63) is 70.7 Å². The second-order valence-electron chi connectivity index (χ2n) is 7.46. The number of unbranched alkanes of at least 4 members (excludes halogenated alkanes) is 1. The largest absolute Gasteiger partial charge is 0.494 e. The van der Waals surface area contributed by atoms with Gasteiger partial charge < -0.3 is 14.5 Å². The molecule has 1 aliphatic rings. The number of benzene rings is 2. The minimum absolute atomic E-state index is 0.0516. The number of fused-ring (bicyclic) bond motifs is 1. The Labute approximate surface area is 182 Å². The molecule has 4 nitrogen and oxygen atoms in total. The molecular formula is C24H29BrN2O2. The number of amides is 1. The van der Waals surface area contributed by atoms with E-state index in [0.29, 0.717) is 12.2 Å². The Bertz CT molecular complexity index is 835. The summed E-state index contributed by atoms with van der Waals surface area (Å²) in [4.78, 5) is 17.1. The maximum Gasteiger partial charge on any atom is 0.258 e. The van der Waals surface area contributed by atoms with Crippen molar-refractivity contribution < 1.29 is 9.53 Å². The lowest BCUT2D eigenvalue weighted by molar-refractivity contribution is 0.0985. The lowest BCUT2D eigenvalue weighted by Gasteiger charge is -2.30. The lowest BCUT2D eigenvalue weighted by Crippen LogP contribution is -2.35. The Kier molecular flexibility index (Phi) is 7.90. The molecule has 1 aliphatic heterocycles. The molecule has 1 amide bonds. The molecule has 0 fully saturated rings. The summed E-state index contributed by atoms with van der Waals surface area (Å²) < 4.78 is 6.93. The average molecular weight is 457 g/mol. The molecule has 0 aromatic heterocycles. The van der Waals surface area contributed by atoms with E-state index in [1.165, 1.54) is 5.56 Å². The van der Waals surface area contributed by atoms with Crippen molar-refractivity contribution in [2.45, 2.75) is 25.7 Å². The van der Waals surface area contributed by atoms with Gasteiger partial charge in [0.15, 0.2) is 0 Å². The number of rotatable bonds is 9. The SMILES string of the molecule is C=CCN(C)CCCCOc1ccc2c(c1)CCCN2C(=O)c1ccc(Br)cc1. The van der Waals surface area contributed by atoms with Gasteiger partial charge in [0.1, 0.15) is 5.75 Å². The molecule has 2 aromatic carbocycles. The Hall–Kier alpha value is -2.11. The summed E-state index contributed by atoms with van der Waals surface area (Å²) in [5.41, 5.74) is 2.90. The fourth-order valence-corrected chi connectivity index (χ4v) is 3.87. The minimum Gasteiger partial charge on any atom is -0.494 e. The van der Waals surface area contributed by atoms with Gasteiger partial charge in [-0.2, -0.15) is 0 Å². The van der Waals surface area contributed by atoms with Crippen LogP contribution in [0.1, 0.15) is 35.2 Å². The van der Waals surface area contributed by atoms with Gasteiger partial charge in [0, 0.05) is 28.8 Å². The minimum atomic E-state index is 0.0516. The van der Waals surface area contributed by atoms with Gasteiger partial charge in [0.25, 0.3) is 5.91 Å². The van der Waals surface area contributed by atoms with Gasteiger partial charge in [0.05, 0.1) is 6.61 Å². The summed E-state index contributed by atoms with van der Waals surface area (Å²) in [5.74, 6) is 0.942. The molecule has 1 heterocycles. The van der Waals surface area contributed by atoms with E-state index in [9.17, 15) is 4.79 Å². The van der Waals surface area contributed by atoms with Crippen LogP contribution in [0.2, 0.25) is 0 Å². The van der Waals surface area contributed by atoms with Crippen LogP contribution in [0.5, 0.6) is 5.75 Å². The molecule has 0 spiro atoms. The van der Waals surface area contributed by atoms with Gasteiger partial charge >= 0.3 is 0 Å². The highest BCUT2D eigenvalue weighted by Gasteiger charge is 2.24. The van der Waals surface area contributed by atoms with Crippen molar-refractivity contribution >= 4 is 27.5 Å². The van der Waals surface area contributed by atoms with Crippen LogP contribution in [0.15, 0.2) is 59.6 Å². The number of carbonyl (C=O) groups excluding carboxylic acids is 1. The van der Waals surface area contributed by atoms with Crippen LogP contribution in [0.25, 0.3) is 0 Å². The summed E-state index contributed by atoms with van der Waals surface area (Å²) in [7, 11) is 2.10. The van der Waals surface area contributed by atoms with E-state index >= 15 is 0 Å². The number of hydrogen-bond donors (Lipinski definition) is 0. The lowest BCUT2D eigenvalue weighted by atomic mass is 10.0. The molecule has 2 aromatic rings. The van der Waals surface area contributed by atoms with Gasteiger partial charge in [-0.05, 0) is 87.3 Å². The van der Waals surface area contributed by atoms with Crippen molar-refractivity contribution in [3.63, 3.8) is 0 Å². The predicted octanol–water partition coefficient (Wildman–Crippen LogP) is 5.32. The first-order valence-electron chi connectivity index (χ1n) is 10.2. The number of halogens is 1. The first-order valence-corrected chi connectivity index (χ1v) is 11.0. The van der Waals surface area contributed by atoms with Crippen LogP contribution in [0.3, 0.4) is 0 Å². The van der Waals surface area contributed by atoms with Crippen molar-refractivity contribution in [2.24, 2.45) is 0 Å². The molecule has 29 heavy (non-hydrogen) atoms. The Morgan fingerprint density at radius 2 is 2.03 bits per heavy atom. The molecular weight excluding hydrogens is 428 g/mol. The standard InChI is InChI=1S/C24H29BrN2O2/c1-3-14-26(2)15-4-5-17-29-22-12-13-23-20(18-22)7-6-16-27(23)24(28)19-8-10-21(25)11-9-19/h3,8-13,18H,1,4-7,14-17H2,2H3. The predicted molar refractivity (Wildman–Crippen MR) is 123 cm³/mol. The zero-order chi connectivity index (χ0) is 20.6. The Morgan fingerprint density at radius 3 is 2.79 bits per heavy atom. The van der Waals surface area contributed by atoms with E-state index in [-0.39, 0.29) is 5.91 Å². The summed E-state index contributed by atoms with van der Waals surface area (Å²) in [5, 5.41) is 0. The summed E-state index contributed by atoms with van der Waals surface area (Å²) >= 11 is 3.42. The number of carbonyl (C=O) groups is 1. The quantitative estimate of drug-likeness (QED) is 0.378. The normalized spacial score (nSPS) is 13.3. The van der Waals surface area contributed by atoms with E-state index < -0.39 is 0 Å². The Balaban J connectivity index is 1.58. The third-order valence-electron chi connectivity index (χ3n) is 5.15. The van der Waals surface area contributed by atoms with Crippen LogP contribution >= 0.6 is 15.9 Å². The van der Waals surface area contributed by atoms with Crippen molar-refractivity contribution in [2.75, 3.05) is 38.2 Å². The molecule has 5 heteroatoms. The molecule has 3 rings (SSSR count). The second-order valence-corrected chi connectivity index (χ2v) is 8.38. The monoisotopic (exact) mass is 456 g/mol. The molecule has 0 N–H and O–H groups in total. The fraction of sp³-hybridized carbons (Fsp3) is 0.375. The first-order chi connectivity index (χ1) is 14.1. The smallest absolute Gasteiger partial charge is 0.258 e. The third kappa shape index (κ3) is 5.94. The van der Waals surface area contributed by atoms with Crippen LogP contribution in [0, 0.1) is 0 Å². The molecule has 0 saturated carbocycles. The topological polar surface area (TPSA) is 32.8 Å². The zero-order valence-corrected chi connectivity index (χ0v) is 18.7. The maximum absolute atomic E-state index is 13.0. The molecule has 0 bridgehead atoms. The summed E-state index contributed by atoms with van der Waals surface area (Å²) in [6.45, 7) is 7.19. The molecule has 154 valence electrons. The van der Waals surface area contributed by atoms with Crippen LogP contribution in [0.4, 0.5) is 5.69 Å². The van der Waals surface area contributed by atoms with Gasteiger partial charge in [-0.3, -0.25) is 4.79 Å². The van der Waals surface area contributed by atoms with Crippen LogP contribution < -0.4 is 9.64 Å². The fourth-order valence-electron chi connectivity index (χ4n) is 3.61. The average Bonchev–Trinajstić information content (AvgIpc) is 2.73. The van der Waals surface area contributed by atoms with E-state index in [1.807, 2.05) is 47.4 Å². The van der Waals surface area contributed by atoms with Crippen molar-refractivity contribution in [1.29, 1.82) is 0 Å². The van der Waals surface area contributed by atoms with Gasteiger partial charge in [-0.15, -0.1) is 6.58 Å². The van der Waals surface area contributed by atoms with Gasteiger partial charge in [-0.25, -0.2) is 0 Å². The zero-order valence-electron chi connectivity index (χ0n) is 17.1. The van der Waals surface area contributed by atoms with E-state index in [2.05, 4.69) is 40.5 Å². The van der Waals surface area contributed by atoms with Crippen LogP contribution in [-0.4, -0.2) is 44.1 Å². The highest BCUT2D eigenvalue weighted by molar-refractivity contribution is 9.10. The number of nitrogens with zero attached hydrogens (tertiary/aromatic N) is 2. The number of anilines is 1. The van der Waals surface area contributed by atoms with Crippen LogP contribution in [-0.2, 0) is 6.42 Å². The first kappa shape index (κ1) is 21.6.